The Kier molecular flexibility index (Phi) is 6.80. The smallest absolute Gasteiger partial charge is 0.220 e. The minimum absolute atomic E-state index is 0.181. The first-order chi connectivity index (χ1) is 16.0. The van der Waals surface area contributed by atoms with Crippen molar-refractivity contribution in [1.82, 2.24) is 24.9 Å². The van der Waals surface area contributed by atoms with E-state index in [0.717, 1.165) is 28.7 Å². The summed E-state index contributed by atoms with van der Waals surface area (Å²) < 4.78 is 14.7. The highest BCUT2D eigenvalue weighted by Crippen LogP contribution is 2.30. The van der Waals surface area contributed by atoms with Crippen molar-refractivity contribution in [2.45, 2.75) is 13.3 Å². The van der Waals surface area contributed by atoms with Crippen LogP contribution in [0.5, 0.6) is 0 Å². The first-order valence-corrected chi connectivity index (χ1v) is 10.6. The van der Waals surface area contributed by atoms with E-state index in [1.807, 2.05) is 31.2 Å². The maximum atomic E-state index is 14.7. The van der Waals surface area contributed by atoms with Gasteiger partial charge in [0.25, 0.3) is 0 Å². The number of aromatic nitrogens is 5. The molecule has 3 heterocycles. The van der Waals surface area contributed by atoms with Crippen LogP contribution in [0.15, 0.2) is 79.6 Å². The molecule has 6 nitrogen and oxygen atoms in total. The Balaban J connectivity index is 1.99. The summed E-state index contributed by atoms with van der Waals surface area (Å²) in [7, 11) is 0. The van der Waals surface area contributed by atoms with Gasteiger partial charge in [-0.05, 0) is 60.0 Å². The van der Waals surface area contributed by atoms with Crippen molar-refractivity contribution < 1.29 is 4.39 Å². The Morgan fingerprint density at radius 3 is 2.55 bits per heavy atom. The number of nitrogens with zero attached hydrogens (tertiary/aromatic N) is 5. The number of nitrogens with two attached hydrogens (primary N) is 1. The molecule has 0 aliphatic heterocycles. The third-order valence-corrected chi connectivity index (χ3v) is 5.20. The van der Waals surface area contributed by atoms with Gasteiger partial charge in [-0.25, -0.2) is 24.3 Å². The first kappa shape index (κ1) is 22.2. The van der Waals surface area contributed by atoms with Gasteiger partial charge in [-0.1, -0.05) is 24.6 Å². The fourth-order valence-corrected chi connectivity index (χ4v) is 3.55. The van der Waals surface area contributed by atoms with Crippen LogP contribution in [0.1, 0.15) is 12.5 Å². The molecule has 3 aromatic heterocycles. The molecule has 0 bridgehead atoms. The average molecular weight is 459 g/mol. The third-order valence-electron chi connectivity index (χ3n) is 4.96. The molecular weight excluding hydrogens is 439 g/mol. The number of halogens is 2. The Morgan fingerprint density at radius 2 is 1.73 bits per heavy atom. The van der Waals surface area contributed by atoms with E-state index >= 15 is 0 Å². The highest BCUT2D eigenvalue weighted by Gasteiger charge is 2.11. The second kappa shape index (κ2) is 10.1. The van der Waals surface area contributed by atoms with Gasteiger partial charge in [0.1, 0.15) is 12.1 Å². The second-order valence-corrected chi connectivity index (χ2v) is 7.55. The van der Waals surface area contributed by atoms with Crippen LogP contribution < -0.4 is 5.73 Å². The third kappa shape index (κ3) is 5.27. The molecule has 33 heavy (non-hydrogen) atoms. The van der Waals surface area contributed by atoms with Crippen molar-refractivity contribution >= 4 is 17.5 Å². The summed E-state index contributed by atoms with van der Waals surface area (Å²) in [5, 5.41) is 0.411. The van der Waals surface area contributed by atoms with Crippen LogP contribution in [0.2, 0.25) is 5.02 Å². The second-order valence-electron chi connectivity index (χ2n) is 7.11. The number of rotatable bonds is 4. The minimum Gasteiger partial charge on any atom is -0.368 e. The first-order valence-electron chi connectivity index (χ1n) is 10.2. The zero-order chi connectivity index (χ0) is 23.2. The molecule has 0 unspecified atom stereocenters. The van der Waals surface area contributed by atoms with Crippen molar-refractivity contribution in [1.29, 1.82) is 0 Å². The van der Waals surface area contributed by atoms with Crippen LogP contribution in [-0.4, -0.2) is 24.9 Å². The van der Waals surface area contributed by atoms with Gasteiger partial charge in [0.2, 0.25) is 5.95 Å². The van der Waals surface area contributed by atoms with Crippen LogP contribution >= 0.6 is 11.6 Å². The molecule has 4 aromatic rings. The molecule has 0 aliphatic rings. The predicted octanol–water partition coefficient (Wildman–Crippen LogP) is 5.72. The van der Waals surface area contributed by atoms with Crippen LogP contribution in [0, 0.1) is 5.82 Å². The highest BCUT2D eigenvalue weighted by atomic mass is 35.5. The summed E-state index contributed by atoms with van der Waals surface area (Å²) >= 11 is 6.15. The maximum absolute atomic E-state index is 14.7. The van der Waals surface area contributed by atoms with Gasteiger partial charge < -0.3 is 5.73 Å². The Bertz CT molecular complexity index is 1360. The largest absolute Gasteiger partial charge is 0.368 e. The van der Waals surface area contributed by atoms with E-state index in [9.17, 15) is 4.39 Å². The number of nitrogen functional groups attached to an aromatic ring is 1. The predicted molar refractivity (Wildman–Crippen MR) is 128 cm³/mol. The van der Waals surface area contributed by atoms with Gasteiger partial charge in [0.05, 0.1) is 11.4 Å². The highest BCUT2D eigenvalue weighted by molar-refractivity contribution is 6.30. The molecule has 0 radical (unpaired) electrons. The summed E-state index contributed by atoms with van der Waals surface area (Å²) in [5.41, 5.74) is 10.5. The van der Waals surface area contributed by atoms with Gasteiger partial charge in [0.15, 0.2) is 0 Å². The fourth-order valence-electron chi connectivity index (χ4n) is 3.38. The Labute approximate surface area is 195 Å². The average Bonchev–Trinajstić information content (AvgIpc) is 2.83. The lowest BCUT2D eigenvalue weighted by Crippen LogP contribution is -1.96. The number of benzene rings is 1. The van der Waals surface area contributed by atoms with Crippen LogP contribution in [0.3, 0.4) is 0 Å². The summed E-state index contributed by atoms with van der Waals surface area (Å²) in [4.78, 5) is 21.2. The van der Waals surface area contributed by atoms with Crippen molar-refractivity contribution in [3.05, 3.63) is 96.0 Å². The fraction of sp³-hybridized carbons (Fsp3) is 0.0800. The molecule has 0 saturated heterocycles. The van der Waals surface area contributed by atoms with E-state index < -0.39 is 5.82 Å². The zero-order valence-electron chi connectivity index (χ0n) is 17.8. The molecule has 4 rings (SSSR count). The minimum atomic E-state index is -0.430. The number of hydrogen-bond acceptors (Lipinski definition) is 6. The molecule has 0 saturated carbocycles. The van der Waals surface area contributed by atoms with E-state index in [2.05, 4.69) is 24.9 Å². The molecule has 1 aromatic carbocycles. The SMILES string of the molecule is CCc1cccncnc(-c2cc(Cl)ccc2F)cc1-c1cncc(-c2ccnc(N)n2)c1. The van der Waals surface area contributed by atoms with E-state index in [0.29, 0.717) is 16.4 Å². The summed E-state index contributed by atoms with van der Waals surface area (Å²) in [5.74, 6) is -0.250. The molecular formula is C25H20ClFN6. The standard InChI is InChI=1S/C25H20ClFN6/c1-2-16-4-3-8-29-15-32-24(21-11-19(26)5-6-22(21)27)12-20(16)17-10-18(14-30-13-17)23-7-9-31-25(28)33-23/h3-15H,2H2,1H3,(H2,28,31,33). The molecule has 0 aliphatic carbocycles. The van der Waals surface area contributed by atoms with Crippen LogP contribution in [0.4, 0.5) is 10.3 Å². The zero-order valence-corrected chi connectivity index (χ0v) is 18.5. The van der Waals surface area contributed by atoms with E-state index in [-0.39, 0.29) is 11.5 Å². The van der Waals surface area contributed by atoms with Crippen LogP contribution in [-0.2, 0) is 6.42 Å². The topological polar surface area (TPSA) is 90.5 Å². The number of hydrogen-bond donors (Lipinski definition) is 1. The van der Waals surface area contributed by atoms with Gasteiger partial charge in [0, 0.05) is 46.5 Å². The molecule has 0 amide bonds. The van der Waals surface area contributed by atoms with Gasteiger partial charge in [-0.2, -0.15) is 0 Å². The van der Waals surface area contributed by atoms with Crippen molar-refractivity contribution in [2.75, 3.05) is 5.73 Å². The molecule has 164 valence electrons. The van der Waals surface area contributed by atoms with Crippen molar-refractivity contribution in [2.24, 2.45) is 0 Å². The lowest BCUT2D eigenvalue weighted by molar-refractivity contribution is 0.631. The van der Waals surface area contributed by atoms with Gasteiger partial charge >= 0.3 is 0 Å². The van der Waals surface area contributed by atoms with Gasteiger partial charge in [-0.15, -0.1) is 0 Å². The number of pyridine rings is 1. The Hall–Kier alpha value is -3.97. The van der Waals surface area contributed by atoms with E-state index in [1.54, 1.807) is 36.9 Å². The lowest BCUT2D eigenvalue weighted by atomic mass is 9.98. The molecule has 8 heteroatoms. The number of anilines is 1. The molecule has 0 atom stereocenters. The van der Waals surface area contributed by atoms with Crippen molar-refractivity contribution in [3.8, 4) is 33.6 Å². The summed E-state index contributed by atoms with van der Waals surface area (Å²) in [6.07, 6.45) is 8.78. The van der Waals surface area contributed by atoms with Crippen LogP contribution in [0.25, 0.3) is 33.6 Å². The molecule has 2 N–H and O–H groups in total. The van der Waals surface area contributed by atoms with Crippen molar-refractivity contribution in [3.63, 3.8) is 0 Å². The van der Waals surface area contributed by atoms with E-state index in [4.69, 9.17) is 17.3 Å². The monoisotopic (exact) mass is 458 g/mol. The lowest BCUT2D eigenvalue weighted by Gasteiger charge is -2.10. The molecule has 0 fully saturated rings. The summed E-state index contributed by atoms with van der Waals surface area (Å²) in [6, 6.07) is 13.7. The normalized spacial score (nSPS) is 10.5. The molecule has 0 spiro atoms. The Morgan fingerprint density at radius 1 is 0.879 bits per heavy atom. The van der Waals surface area contributed by atoms with Gasteiger partial charge in [-0.3, -0.25) is 4.98 Å². The summed E-state index contributed by atoms with van der Waals surface area (Å²) in [6.45, 7) is 2.04. The maximum Gasteiger partial charge on any atom is 0.220 e. The quantitative estimate of drug-likeness (QED) is 0.420. The number of aryl methyl sites for hydroxylation is 1. The van der Waals surface area contributed by atoms with E-state index in [1.165, 1.54) is 18.5 Å².